The quantitative estimate of drug-likeness (QED) is 0.742. The van der Waals surface area contributed by atoms with Crippen LogP contribution in [-0.4, -0.2) is 27.9 Å². The summed E-state index contributed by atoms with van der Waals surface area (Å²) in [5, 5.41) is 8.26. The number of benzene rings is 1. The van der Waals surface area contributed by atoms with Crippen molar-refractivity contribution in [3.05, 3.63) is 65.1 Å². The van der Waals surface area contributed by atoms with Crippen LogP contribution < -0.4 is 0 Å². The molecule has 0 fully saturated rings. The topological polar surface area (TPSA) is 79.0 Å². The van der Waals surface area contributed by atoms with Gasteiger partial charge in [0.25, 0.3) is 10.0 Å². The summed E-state index contributed by atoms with van der Waals surface area (Å²) in [6.07, 6.45) is 1.37. The number of aryl methyl sites for hydroxylation is 1. The number of thiophene rings is 1. The van der Waals surface area contributed by atoms with Gasteiger partial charge in [-0.3, -0.25) is 5.10 Å². The minimum Gasteiger partial charge on any atom is -0.262 e. The van der Waals surface area contributed by atoms with Gasteiger partial charge in [-0.05, 0) is 23.9 Å². The first-order chi connectivity index (χ1) is 11.1. The Bertz CT molecular complexity index is 842. The minimum atomic E-state index is -3.58. The normalized spacial score (nSPS) is 11.9. The highest BCUT2D eigenvalue weighted by Crippen LogP contribution is 2.24. The molecule has 0 radical (unpaired) electrons. The Labute approximate surface area is 138 Å². The number of sulfonamides is 1. The van der Waals surface area contributed by atoms with E-state index in [1.165, 1.54) is 22.0 Å². The van der Waals surface area contributed by atoms with E-state index in [0.29, 0.717) is 10.0 Å². The first kappa shape index (κ1) is 15.9. The second kappa shape index (κ2) is 6.61. The third-order valence-electron chi connectivity index (χ3n) is 3.36. The van der Waals surface area contributed by atoms with E-state index in [0.717, 1.165) is 11.1 Å². The van der Waals surface area contributed by atoms with Crippen LogP contribution in [0.1, 0.15) is 17.0 Å². The maximum Gasteiger partial charge on any atom is 0.253 e. The molecular formula is C15H16N4O2S2. The van der Waals surface area contributed by atoms with Crippen LogP contribution in [0.25, 0.3) is 0 Å². The molecule has 1 N–H and O–H groups in total. The summed E-state index contributed by atoms with van der Waals surface area (Å²) >= 11 is 1.21. The van der Waals surface area contributed by atoms with Crippen LogP contribution in [0.15, 0.2) is 52.3 Å². The molecule has 0 aliphatic rings. The van der Waals surface area contributed by atoms with E-state index in [9.17, 15) is 8.42 Å². The highest BCUT2D eigenvalue weighted by Gasteiger charge is 2.26. The average Bonchev–Trinajstić information content (AvgIpc) is 3.22. The van der Waals surface area contributed by atoms with Gasteiger partial charge in [-0.15, -0.1) is 11.3 Å². The summed E-state index contributed by atoms with van der Waals surface area (Å²) in [7, 11) is -3.58. The second-order valence-electron chi connectivity index (χ2n) is 5.12. The average molecular weight is 348 g/mol. The van der Waals surface area contributed by atoms with Crippen molar-refractivity contribution in [3.63, 3.8) is 0 Å². The molecule has 0 saturated heterocycles. The molecule has 0 aliphatic carbocycles. The molecule has 0 unspecified atom stereocenters. The van der Waals surface area contributed by atoms with Crippen LogP contribution in [0.4, 0.5) is 0 Å². The lowest BCUT2D eigenvalue weighted by Crippen LogP contribution is -2.30. The van der Waals surface area contributed by atoms with E-state index in [4.69, 9.17) is 0 Å². The van der Waals surface area contributed by atoms with Crippen molar-refractivity contribution in [3.8, 4) is 0 Å². The Balaban J connectivity index is 1.91. The molecule has 0 aliphatic heterocycles. The zero-order valence-corrected chi connectivity index (χ0v) is 14.1. The zero-order chi connectivity index (χ0) is 16.3. The van der Waals surface area contributed by atoms with Crippen molar-refractivity contribution in [2.24, 2.45) is 0 Å². The number of hydrogen-bond donors (Lipinski definition) is 1. The fraction of sp³-hybridized carbons (Fsp3) is 0.200. The van der Waals surface area contributed by atoms with Gasteiger partial charge in [0.1, 0.15) is 16.4 Å². The van der Waals surface area contributed by atoms with E-state index in [-0.39, 0.29) is 13.1 Å². The van der Waals surface area contributed by atoms with Gasteiger partial charge < -0.3 is 0 Å². The van der Waals surface area contributed by atoms with E-state index in [2.05, 4.69) is 15.2 Å². The molecule has 120 valence electrons. The van der Waals surface area contributed by atoms with Gasteiger partial charge in [0, 0.05) is 6.54 Å². The third kappa shape index (κ3) is 3.66. The van der Waals surface area contributed by atoms with Crippen LogP contribution in [0.2, 0.25) is 0 Å². The zero-order valence-electron chi connectivity index (χ0n) is 12.5. The molecule has 3 rings (SSSR count). The maximum absolute atomic E-state index is 12.9. The SMILES string of the molecule is Cc1ccc(CN(Cc2ncn[nH]2)S(=O)(=O)c2cccs2)cc1. The fourth-order valence-corrected chi connectivity index (χ4v) is 4.67. The molecule has 3 aromatic rings. The molecule has 1 aromatic carbocycles. The summed E-state index contributed by atoms with van der Waals surface area (Å²) in [4.78, 5) is 4.04. The Kier molecular flexibility index (Phi) is 4.56. The van der Waals surface area contributed by atoms with Crippen molar-refractivity contribution in [1.82, 2.24) is 19.5 Å². The molecule has 8 heteroatoms. The Morgan fingerprint density at radius 2 is 1.96 bits per heavy atom. The summed E-state index contributed by atoms with van der Waals surface area (Å²) in [6.45, 7) is 2.42. The van der Waals surface area contributed by atoms with Crippen LogP contribution in [0.5, 0.6) is 0 Å². The predicted octanol–water partition coefficient (Wildman–Crippen LogP) is 2.57. The van der Waals surface area contributed by atoms with E-state index in [1.54, 1.807) is 17.5 Å². The predicted molar refractivity (Wildman–Crippen MR) is 88.3 cm³/mol. The van der Waals surface area contributed by atoms with Crippen molar-refractivity contribution >= 4 is 21.4 Å². The van der Waals surface area contributed by atoms with Crippen molar-refractivity contribution < 1.29 is 8.42 Å². The molecule has 6 nitrogen and oxygen atoms in total. The van der Waals surface area contributed by atoms with Gasteiger partial charge in [0.2, 0.25) is 0 Å². The van der Waals surface area contributed by atoms with Crippen molar-refractivity contribution in [2.45, 2.75) is 24.2 Å². The highest BCUT2D eigenvalue weighted by atomic mass is 32.2. The second-order valence-corrected chi connectivity index (χ2v) is 8.24. The molecule has 23 heavy (non-hydrogen) atoms. The summed E-state index contributed by atoms with van der Waals surface area (Å²) in [5.74, 6) is 0.511. The van der Waals surface area contributed by atoms with Crippen LogP contribution in [-0.2, 0) is 23.1 Å². The smallest absolute Gasteiger partial charge is 0.253 e. The molecule has 2 heterocycles. The number of H-pyrrole nitrogens is 1. The lowest BCUT2D eigenvalue weighted by atomic mass is 10.1. The molecule has 0 atom stereocenters. The molecule has 2 aromatic heterocycles. The first-order valence-corrected chi connectivity index (χ1v) is 9.31. The summed E-state index contributed by atoms with van der Waals surface area (Å²) in [6, 6.07) is 11.2. The van der Waals surface area contributed by atoms with Crippen LogP contribution in [0, 0.1) is 6.92 Å². The van der Waals surface area contributed by atoms with Crippen LogP contribution in [0.3, 0.4) is 0 Å². The molecule has 0 bridgehead atoms. The van der Waals surface area contributed by atoms with Gasteiger partial charge in [0.05, 0.1) is 6.54 Å². The molecule has 0 saturated carbocycles. The number of hydrogen-bond acceptors (Lipinski definition) is 5. The summed E-state index contributed by atoms with van der Waals surface area (Å²) < 4.78 is 27.5. The standard InChI is InChI=1S/C15H16N4O2S2/c1-12-4-6-13(7-5-12)9-19(10-14-16-11-17-18-14)23(20,21)15-3-2-8-22-15/h2-8,11H,9-10H2,1H3,(H,16,17,18). The van der Waals surface area contributed by atoms with Gasteiger partial charge >= 0.3 is 0 Å². The first-order valence-electron chi connectivity index (χ1n) is 6.99. The van der Waals surface area contributed by atoms with Crippen LogP contribution >= 0.6 is 11.3 Å². The molecule has 0 amide bonds. The molecular weight excluding hydrogens is 332 g/mol. The molecule has 0 spiro atoms. The highest BCUT2D eigenvalue weighted by molar-refractivity contribution is 7.91. The maximum atomic E-state index is 12.9. The Morgan fingerprint density at radius 3 is 2.57 bits per heavy atom. The van der Waals surface area contributed by atoms with Crippen molar-refractivity contribution in [2.75, 3.05) is 0 Å². The lowest BCUT2D eigenvalue weighted by Gasteiger charge is -2.20. The van der Waals surface area contributed by atoms with E-state index in [1.807, 2.05) is 31.2 Å². The van der Waals surface area contributed by atoms with E-state index < -0.39 is 10.0 Å². The van der Waals surface area contributed by atoms with Gasteiger partial charge in [-0.1, -0.05) is 35.9 Å². The largest absolute Gasteiger partial charge is 0.262 e. The number of rotatable bonds is 6. The Morgan fingerprint density at radius 1 is 1.17 bits per heavy atom. The third-order valence-corrected chi connectivity index (χ3v) is 6.52. The van der Waals surface area contributed by atoms with Gasteiger partial charge in [0.15, 0.2) is 0 Å². The fourth-order valence-electron chi connectivity index (χ4n) is 2.13. The number of aromatic amines is 1. The lowest BCUT2D eigenvalue weighted by molar-refractivity contribution is 0.393. The number of aromatic nitrogens is 3. The summed E-state index contributed by atoms with van der Waals surface area (Å²) in [5.41, 5.74) is 2.06. The Hall–Kier alpha value is -2.03. The van der Waals surface area contributed by atoms with E-state index >= 15 is 0 Å². The minimum absolute atomic E-state index is 0.147. The number of nitrogens with zero attached hydrogens (tertiary/aromatic N) is 3. The van der Waals surface area contributed by atoms with Crippen molar-refractivity contribution in [1.29, 1.82) is 0 Å². The monoisotopic (exact) mass is 348 g/mol. The van der Waals surface area contributed by atoms with Gasteiger partial charge in [-0.25, -0.2) is 13.4 Å². The van der Waals surface area contributed by atoms with Gasteiger partial charge in [-0.2, -0.15) is 9.40 Å². The number of nitrogens with one attached hydrogen (secondary N) is 1.